The van der Waals surface area contributed by atoms with Crippen molar-refractivity contribution < 1.29 is 18.7 Å². The molecule has 0 aliphatic carbocycles. The number of hydrogen-bond acceptors (Lipinski definition) is 7. The van der Waals surface area contributed by atoms with E-state index in [2.05, 4.69) is 20.2 Å². The van der Waals surface area contributed by atoms with E-state index < -0.39 is 5.82 Å². The van der Waals surface area contributed by atoms with Crippen LogP contribution in [0.25, 0.3) is 10.2 Å². The molecule has 1 N–H and O–H groups in total. The van der Waals surface area contributed by atoms with Crippen LogP contribution >= 0.6 is 11.3 Å². The normalized spacial score (nSPS) is 13.8. The number of ether oxygens (including phenoxy) is 2. The van der Waals surface area contributed by atoms with Gasteiger partial charge in [-0.25, -0.2) is 9.37 Å². The Kier molecular flexibility index (Phi) is 5.83. The Morgan fingerprint density at radius 2 is 2.03 bits per heavy atom. The van der Waals surface area contributed by atoms with Crippen LogP contribution in [-0.2, 0) is 11.3 Å². The molecule has 3 aromatic rings. The Hall–Kier alpha value is -2.78. The first-order chi connectivity index (χ1) is 14.5. The van der Waals surface area contributed by atoms with Crippen LogP contribution in [0.1, 0.15) is 33.9 Å². The van der Waals surface area contributed by atoms with Gasteiger partial charge in [-0.2, -0.15) is 4.98 Å². The monoisotopic (exact) mass is 430 g/mol. The highest BCUT2D eigenvalue weighted by molar-refractivity contribution is 7.20. The lowest BCUT2D eigenvalue weighted by atomic mass is 10.2. The number of aryl methyl sites for hydroxylation is 1. The quantitative estimate of drug-likeness (QED) is 0.633. The number of methoxy groups -OCH3 is 2. The molecule has 1 aromatic carbocycles. The van der Waals surface area contributed by atoms with Crippen LogP contribution in [0.15, 0.2) is 18.2 Å². The number of nitrogens with one attached hydrogen (secondary N) is 1. The molecule has 7 nitrogen and oxygen atoms in total. The molecule has 1 aliphatic heterocycles. The Morgan fingerprint density at radius 3 is 2.73 bits per heavy atom. The number of nitrogens with zero attached hydrogens (tertiary/aromatic N) is 3. The molecule has 0 radical (unpaired) electrons. The van der Waals surface area contributed by atoms with Crippen molar-refractivity contribution in [2.24, 2.45) is 0 Å². The molecule has 1 amide bonds. The number of carbonyl (C=O) groups excluding carboxylic acids is 1. The van der Waals surface area contributed by atoms with E-state index in [1.54, 1.807) is 13.2 Å². The number of rotatable bonds is 6. The Morgan fingerprint density at radius 1 is 1.27 bits per heavy atom. The summed E-state index contributed by atoms with van der Waals surface area (Å²) in [4.78, 5) is 25.2. The molecule has 0 unspecified atom stereocenters. The van der Waals surface area contributed by atoms with Gasteiger partial charge in [-0.3, -0.25) is 4.79 Å². The van der Waals surface area contributed by atoms with Crippen molar-refractivity contribution in [1.29, 1.82) is 0 Å². The summed E-state index contributed by atoms with van der Waals surface area (Å²) in [5.74, 6) is 0.0339. The second-order valence-corrected chi connectivity index (χ2v) is 8.10. The average Bonchev–Trinajstić information content (AvgIpc) is 3.38. The number of halogens is 1. The summed E-state index contributed by atoms with van der Waals surface area (Å²) in [7, 11) is 3.09. The second kappa shape index (κ2) is 8.53. The molecule has 4 rings (SSSR count). The van der Waals surface area contributed by atoms with Crippen LogP contribution in [-0.4, -0.2) is 43.2 Å². The third-order valence-corrected chi connectivity index (χ3v) is 6.34. The number of amides is 1. The Bertz CT molecular complexity index is 1100. The van der Waals surface area contributed by atoms with Crippen molar-refractivity contribution in [3.8, 4) is 5.88 Å². The van der Waals surface area contributed by atoms with Crippen molar-refractivity contribution in [2.75, 3.05) is 37.5 Å². The number of benzene rings is 1. The number of carbonyl (C=O) groups is 1. The van der Waals surface area contributed by atoms with Crippen LogP contribution in [0.4, 0.5) is 15.8 Å². The highest BCUT2D eigenvalue weighted by Crippen LogP contribution is 2.37. The maximum absolute atomic E-state index is 14.6. The van der Waals surface area contributed by atoms with Crippen LogP contribution in [0.5, 0.6) is 5.88 Å². The van der Waals surface area contributed by atoms with Gasteiger partial charge in [-0.15, -0.1) is 11.3 Å². The molecule has 9 heteroatoms. The maximum atomic E-state index is 14.6. The number of fused-ring (bicyclic) bond motifs is 1. The van der Waals surface area contributed by atoms with Crippen LogP contribution < -0.4 is 15.0 Å². The van der Waals surface area contributed by atoms with E-state index >= 15 is 0 Å². The molecule has 0 atom stereocenters. The molecule has 2 aromatic heterocycles. The van der Waals surface area contributed by atoms with E-state index in [0.29, 0.717) is 38.0 Å². The number of hydrogen-bond donors (Lipinski definition) is 1. The molecule has 0 saturated carbocycles. The van der Waals surface area contributed by atoms with Crippen molar-refractivity contribution in [3.05, 3.63) is 40.3 Å². The van der Waals surface area contributed by atoms with Crippen molar-refractivity contribution in [1.82, 2.24) is 9.97 Å². The standard InChI is InChI=1S/C21H23FN4O3S/c1-12-16-20(29-3)23-15(11-28-2)24-21(16)30-18(12)19(27)25-17-13(22)7-6-8-14(17)26-9-4-5-10-26/h6-8H,4-5,9-11H2,1-3H3,(H,25,27). The van der Waals surface area contributed by atoms with Gasteiger partial charge in [0.1, 0.15) is 22.9 Å². The summed E-state index contributed by atoms with van der Waals surface area (Å²) < 4.78 is 25.2. The molecule has 0 spiro atoms. The fourth-order valence-electron chi connectivity index (χ4n) is 3.73. The molecule has 158 valence electrons. The number of anilines is 2. The van der Waals surface area contributed by atoms with E-state index in [4.69, 9.17) is 9.47 Å². The van der Waals surface area contributed by atoms with Gasteiger partial charge in [-0.05, 0) is 37.5 Å². The lowest BCUT2D eigenvalue weighted by Gasteiger charge is -2.21. The largest absolute Gasteiger partial charge is 0.480 e. The average molecular weight is 431 g/mol. The molecule has 1 fully saturated rings. The zero-order valence-electron chi connectivity index (χ0n) is 17.1. The zero-order chi connectivity index (χ0) is 21.3. The SMILES string of the molecule is COCc1nc(OC)c2c(C)c(C(=O)Nc3c(F)cccc3N3CCCC3)sc2n1. The summed E-state index contributed by atoms with van der Waals surface area (Å²) in [5, 5.41) is 3.47. The molecule has 3 heterocycles. The second-order valence-electron chi connectivity index (χ2n) is 7.10. The van der Waals surface area contributed by atoms with Gasteiger partial charge in [0.2, 0.25) is 5.88 Å². The van der Waals surface area contributed by atoms with E-state index in [1.807, 2.05) is 13.0 Å². The van der Waals surface area contributed by atoms with Crippen LogP contribution in [0, 0.1) is 12.7 Å². The van der Waals surface area contributed by atoms with Gasteiger partial charge >= 0.3 is 0 Å². The van der Waals surface area contributed by atoms with Crippen molar-refractivity contribution in [2.45, 2.75) is 26.4 Å². The van der Waals surface area contributed by atoms with E-state index in [1.165, 1.54) is 24.5 Å². The maximum Gasteiger partial charge on any atom is 0.266 e. The molecule has 30 heavy (non-hydrogen) atoms. The highest BCUT2D eigenvalue weighted by atomic mass is 32.1. The predicted octanol–water partition coefficient (Wildman–Crippen LogP) is 4.15. The first-order valence-electron chi connectivity index (χ1n) is 9.71. The summed E-state index contributed by atoms with van der Waals surface area (Å²) >= 11 is 1.23. The summed E-state index contributed by atoms with van der Waals surface area (Å²) in [5.41, 5.74) is 1.62. The van der Waals surface area contributed by atoms with Crippen LogP contribution in [0.2, 0.25) is 0 Å². The van der Waals surface area contributed by atoms with Crippen molar-refractivity contribution in [3.63, 3.8) is 0 Å². The van der Waals surface area contributed by atoms with Gasteiger partial charge in [-0.1, -0.05) is 6.07 Å². The number of thiophene rings is 1. The van der Waals surface area contributed by atoms with Gasteiger partial charge in [0.15, 0.2) is 5.82 Å². The third-order valence-electron chi connectivity index (χ3n) is 5.15. The molecule has 1 aliphatic rings. The first kappa shape index (κ1) is 20.5. The fraction of sp³-hybridized carbons (Fsp3) is 0.381. The minimum absolute atomic E-state index is 0.208. The van der Waals surface area contributed by atoms with E-state index in [-0.39, 0.29) is 18.2 Å². The zero-order valence-corrected chi connectivity index (χ0v) is 17.9. The topological polar surface area (TPSA) is 76.6 Å². The van der Waals surface area contributed by atoms with Gasteiger partial charge in [0, 0.05) is 20.2 Å². The highest BCUT2D eigenvalue weighted by Gasteiger charge is 2.24. The minimum atomic E-state index is -0.453. The lowest BCUT2D eigenvalue weighted by Crippen LogP contribution is -2.22. The number of aromatic nitrogens is 2. The van der Waals surface area contributed by atoms with Gasteiger partial charge < -0.3 is 19.7 Å². The smallest absolute Gasteiger partial charge is 0.266 e. The van der Waals surface area contributed by atoms with E-state index in [9.17, 15) is 9.18 Å². The van der Waals surface area contributed by atoms with Crippen molar-refractivity contribution >= 4 is 38.8 Å². The molecular weight excluding hydrogens is 407 g/mol. The predicted molar refractivity (Wildman–Crippen MR) is 115 cm³/mol. The summed E-state index contributed by atoms with van der Waals surface area (Å²) in [6, 6.07) is 4.87. The number of para-hydroxylation sites is 1. The molecule has 1 saturated heterocycles. The first-order valence-corrected chi connectivity index (χ1v) is 10.5. The minimum Gasteiger partial charge on any atom is -0.480 e. The summed E-state index contributed by atoms with van der Waals surface area (Å²) in [6.07, 6.45) is 2.11. The Labute approximate surface area is 177 Å². The fourth-order valence-corrected chi connectivity index (χ4v) is 4.82. The van der Waals surface area contributed by atoms with E-state index in [0.717, 1.165) is 25.9 Å². The molecular formula is C21H23FN4O3S. The van der Waals surface area contributed by atoms with Gasteiger partial charge in [0.25, 0.3) is 5.91 Å². The Balaban J connectivity index is 1.72. The molecule has 0 bridgehead atoms. The third kappa shape index (κ3) is 3.70. The van der Waals surface area contributed by atoms with Crippen LogP contribution in [0.3, 0.4) is 0 Å². The lowest BCUT2D eigenvalue weighted by molar-refractivity contribution is 0.102. The summed E-state index contributed by atoms with van der Waals surface area (Å²) in [6.45, 7) is 3.75. The van der Waals surface area contributed by atoms with Gasteiger partial charge in [0.05, 0.1) is 23.1 Å².